The van der Waals surface area contributed by atoms with E-state index < -0.39 is 0 Å². The van der Waals surface area contributed by atoms with E-state index >= 15 is 0 Å². The van der Waals surface area contributed by atoms with Crippen LogP contribution in [-0.4, -0.2) is 47.2 Å². The largest absolute Gasteiger partial charge is 0.408 e. The van der Waals surface area contributed by atoms with Gasteiger partial charge in [-0.15, -0.1) is 5.10 Å². The van der Waals surface area contributed by atoms with Gasteiger partial charge >= 0.3 is 6.01 Å². The lowest BCUT2D eigenvalue weighted by Crippen LogP contribution is -2.49. The molecule has 138 valence electrons. The summed E-state index contributed by atoms with van der Waals surface area (Å²) in [5.74, 6) is 1.97. The zero-order chi connectivity index (χ0) is 17.9. The molecule has 1 aliphatic heterocycles. The summed E-state index contributed by atoms with van der Waals surface area (Å²) in [6.07, 6.45) is 3.86. The van der Waals surface area contributed by atoms with Gasteiger partial charge in [-0.3, -0.25) is 4.79 Å². The monoisotopic (exact) mass is 354 g/mol. The number of benzene rings is 1. The standard InChI is InChI=1S/C20H26N4O2/c1-2-18-21-22-20(26-18)24-12-10-23(11-13-24)19(25)14-17(16-8-9-16)15-6-4-3-5-7-15/h3-7,16-17H,2,8-14H2,1H3. The van der Waals surface area contributed by atoms with Gasteiger partial charge in [0.2, 0.25) is 11.8 Å². The first kappa shape index (κ1) is 17.1. The van der Waals surface area contributed by atoms with Gasteiger partial charge in [0.25, 0.3) is 0 Å². The number of piperazine rings is 1. The van der Waals surface area contributed by atoms with Crippen LogP contribution in [0.4, 0.5) is 6.01 Å². The van der Waals surface area contributed by atoms with Crippen molar-refractivity contribution in [2.24, 2.45) is 5.92 Å². The molecule has 0 spiro atoms. The van der Waals surface area contributed by atoms with Gasteiger partial charge in [0.05, 0.1) is 0 Å². The van der Waals surface area contributed by atoms with E-state index in [0.717, 1.165) is 32.6 Å². The lowest BCUT2D eigenvalue weighted by atomic mass is 9.90. The van der Waals surface area contributed by atoms with Crippen molar-refractivity contribution in [1.82, 2.24) is 15.1 Å². The Labute approximate surface area is 154 Å². The van der Waals surface area contributed by atoms with E-state index in [0.29, 0.717) is 30.2 Å². The van der Waals surface area contributed by atoms with E-state index in [9.17, 15) is 4.79 Å². The Kier molecular flexibility index (Phi) is 4.91. The molecule has 6 nitrogen and oxygen atoms in total. The van der Waals surface area contributed by atoms with Crippen LogP contribution in [0.2, 0.25) is 0 Å². The van der Waals surface area contributed by atoms with E-state index in [-0.39, 0.29) is 5.91 Å². The number of hydrogen-bond donors (Lipinski definition) is 0. The van der Waals surface area contributed by atoms with Crippen LogP contribution in [-0.2, 0) is 11.2 Å². The minimum Gasteiger partial charge on any atom is -0.408 e. The number of amides is 1. The van der Waals surface area contributed by atoms with Crippen molar-refractivity contribution in [3.8, 4) is 0 Å². The number of aryl methyl sites for hydroxylation is 1. The van der Waals surface area contributed by atoms with E-state index in [1.807, 2.05) is 17.9 Å². The maximum absolute atomic E-state index is 12.9. The average molecular weight is 354 g/mol. The van der Waals surface area contributed by atoms with Crippen LogP contribution in [0.25, 0.3) is 0 Å². The molecule has 2 fully saturated rings. The normalized spacial score (nSPS) is 18.8. The Morgan fingerprint density at radius 3 is 2.50 bits per heavy atom. The molecule has 1 aliphatic carbocycles. The van der Waals surface area contributed by atoms with Crippen LogP contribution in [0.15, 0.2) is 34.7 Å². The van der Waals surface area contributed by atoms with Crippen molar-refractivity contribution in [3.05, 3.63) is 41.8 Å². The summed E-state index contributed by atoms with van der Waals surface area (Å²) < 4.78 is 5.63. The highest BCUT2D eigenvalue weighted by atomic mass is 16.4. The highest BCUT2D eigenvalue weighted by Crippen LogP contribution is 2.44. The molecule has 2 aromatic rings. The minimum atomic E-state index is 0.269. The number of carbonyl (C=O) groups excluding carboxylic acids is 1. The van der Waals surface area contributed by atoms with Gasteiger partial charge in [-0.05, 0) is 30.2 Å². The quantitative estimate of drug-likeness (QED) is 0.798. The van der Waals surface area contributed by atoms with Crippen molar-refractivity contribution < 1.29 is 9.21 Å². The van der Waals surface area contributed by atoms with E-state index in [2.05, 4.69) is 39.4 Å². The molecule has 6 heteroatoms. The third kappa shape index (κ3) is 3.74. The highest BCUT2D eigenvalue weighted by Gasteiger charge is 2.35. The number of hydrogen-bond acceptors (Lipinski definition) is 5. The Hall–Kier alpha value is -2.37. The van der Waals surface area contributed by atoms with Crippen LogP contribution in [0, 0.1) is 5.92 Å². The highest BCUT2D eigenvalue weighted by molar-refractivity contribution is 5.77. The van der Waals surface area contributed by atoms with Gasteiger partial charge in [0, 0.05) is 39.0 Å². The molecule has 2 heterocycles. The zero-order valence-electron chi connectivity index (χ0n) is 15.3. The van der Waals surface area contributed by atoms with Gasteiger partial charge < -0.3 is 14.2 Å². The second-order valence-electron chi connectivity index (χ2n) is 7.26. The first-order valence-electron chi connectivity index (χ1n) is 9.64. The first-order chi connectivity index (χ1) is 12.7. The lowest BCUT2D eigenvalue weighted by molar-refractivity contribution is -0.132. The van der Waals surface area contributed by atoms with E-state index in [4.69, 9.17) is 4.42 Å². The Morgan fingerprint density at radius 1 is 1.15 bits per heavy atom. The number of nitrogens with zero attached hydrogens (tertiary/aromatic N) is 4. The number of anilines is 1. The summed E-state index contributed by atoms with van der Waals surface area (Å²) in [4.78, 5) is 16.9. The van der Waals surface area contributed by atoms with Crippen LogP contribution < -0.4 is 4.90 Å². The van der Waals surface area contributed by atoms with Crippen LogP contribution in [0.5, 0.6) is 0 Å². The molecule has 1 atom stereocenters. The molecule has 1 aromatic heterocycles. The van der Waals surface area contributed by atoms with Gasteiger partial charge in [-0.1, -0.05) is 42.4 Å². The maximum atomic E-state index is 12.9. The zero-order valence-corrected chi connectivity index (χ0v) is 15.3. The van der Waals surface area contributed by atoms with Crippen molar-refractivity contribution in [3.63, 3.8) is 0 Å². The van der Waals surface area contributed by atoms with E-state index in [1.54, 1.807) is 0 Å². The second kappa shape index (κ2) is 7.48. The van der Waals surface area contributed by atoms with Crippen LogP contribution in [0.1, 0.15) is 43.6 Å². The molecule has 1 amide bonds. The van der Waals surface area contributed by atoms with Crippen LogP contribution >= 0.6 is 0 Å². The Bertz CT molecular complexity index is 733. The molecule has 1 saturated heterocycles. The molecule has 26 heavy (non-hydrogen) atoms. The molecule has 0 bridgehead atoms. The van der Waals surface area contributed by atoms with Gasteiger partial charge in [-0.25, -0.2) is 0 Å². The molecule has 2 aliphatic rings. The van der Waals surface area contributed by atoms with Crippen molar-refractivity contribution in [2.45, 2.75) is 38.5 Å². The van der Waals surface area contributed by atoms with Crippen LogP contribution in [0.3, 0.4) is 0 Å². The second-order valence-corrected chi connectivity index (χ2v) is 7.26. The topological polar surface area (TPSA) is 62.5 Å². The smallest absolute Gasteiger partial charge is 0.318 e. The maximum Gasteiger partial charge on any atom is 0.318 e. The number of carbonyl (C=O) groups is 1. The fourth-order valence-electron chi connectivity index (χ4n) is 3.74. The molecule has 0 N–H and O–H groups in total. The lowest BCUT2D eigenvalue weighted by Gasteiger charge is -2.34. The summed E-state index contributed by atoms with van der Waals surface area (Å²) >= 11 is 0. The fraction of sp³-hybridized carbons (Fsp3) is 0.550. The molecule has 1 aromatic carbocycles. The summed E-state index contributed by atoms with van der Waals surface area (Å²) in [5, 5.41) is 8.13. The predicted molar refractivity (Wildman–Crippen MR) is 99.0 cm³/mol. The summed E-state index contributed by atoms with van der Waals surface area (Å²) in [6, 6.07) is 11.1. The molecular weight excluding hydrogens is 328 g/mol. The number of aromatic nitrogens is 2. The van der Waals surface area contributed by atoms with Gasteiger partial charge in [0.15, 0.2) is 0 Å². The van der Waals surface area contributed by atoms with Gasteiger partial charge in [-0.2, -0.15) is 0 Å². The van der Waals surface area contributed by atoms with Crippen molar-refractivity contribution >= 4 is 11.9 Å². The third-order valence-electron chi connectivity index (χ3n) is 5.47. The SMILES string of the molecule is CCc1nnc(N2CCN(C(=O)CC(c3ccccc3)C3CC3)CC2)o1. The fourth-order valence-corrected chi connectivity index (χ4v) is 3.74. The molecular formula is C20H26N4O2. The van der Waals surface area contributed by atoms with Crippen molar-refractivity contribution in [1.29, 1.82) is 0 Å². The minimum absolute atomic E-state index is 0.269. The predicted octanol–water partition coefficient (Wildman–Crippen LogP) is 2.86. The molecule has 1 saturated carbocycles. The summed E-state index contributed by atoms with van der Waals surface area (Å²) in [5.41, 5.74) is 1.31. The van der Waals surface area contributed by atoms with Gasteiger partial charge in [0.1, 0.15) is 0 Å². The Balaban J connectivity index is 1.34. The van der Waals surface area contributed by atoms with E-state index in [1.165, 1.54) is 18.4 Å². The van der Waals surface area contributed by atoms with Crippen molar-refractivity contribution in [2.75, 3.05) is 31.1 Å². The summed E-state index contributed by atoms with van der Waals surface area (Å²) in [7, 11) is 0. The molecule has 0 radical (unpaired) electrons. The number of rotatable bonds is 6. The molecule has 4 rings (SSSR count). The summed E-state index contributed by atoms with van der Waals surface area (Å²) in [6.45, 7) is 4.92. The Morgan fingerprint density at radius 2 is 1.88 bits per heavy atom. The molecule has 1 unspecified atom stereocenters. The third-order valence-corrected chi connectivity index (χ3v) is 5.47. The average Bonchev–Trinajstić information content (AvgIpc) is 3.42. The first-order valence-corrected chi connectivity index (χ1v) is 9.64.